The summed E-state index contributed by atoms with van der Waals surface area (Å²) in [5, 5.41) is 0. The molecule has 0 saturated heterocycles. The minimum absolute atomic E-state index is 0.0377. The smallest absolute Gasteiger partial charge is 0.340 e. The van der Waals surface area contributed by atoms with Crippen LogP contribution < -0.4 is 0 Å². The third-order valence-electron chi connectivity index (χ3n) is 3.26. The lowest BCUT2D eigenvalue weighted by molar-refractivity contribution is 0.0595. The number of carbonyl (C=O) groups is 1. The lowest BCUT2D eigenvalue weighted by Crippen LogP contribution is -2.35. The van der Waals surface area contributed by atoms with E-state index in [1.54, 1.807) is 13.2 Å². The van der Waals surface area contributed by atoms with Crippen LogP contribution in [0.4, 0.5) is 4.39 Å². The van der Waals surface area contributed by atoms with E-state index in [-0.39, 0.29) is 11.6 Å². The third-order valence-corrected chi connectivity index (χ3v) is 3.26. The van der Waals surface area contributed by atoms with E-state index in [0.29, 0.717) is 13.2 Å². The second-order valence-corrected chi connectivity index (χ2v) is 4.67. The summed E-state index contributed by atoms with van der Waals surface area (Å²) in [5.41, 5.74) is 0.782. The number of halogens is 1. The molecule has 1 aromatic rings. The van der Waals surface area contributed by atoms with E-state index < -0.39 is 11.8 Å². The van der Waals surface area contributed by atoms with Crippen molar-refractivity contribution in [3.8, 4) is 0 Å². The summed E-state index contributed by atoms with van der Waals surface area (Å²) in [5.74, 6) is -1.21. The molecule has 4 nitrogen and oxygen atoms in total. The summed E-state index contributed by atoms with van der Waals surface area (Å²) in [6.07, 6.45) is 0. The number of carbonyl (C=O) groups excluding carboxylic acids is 1. The van der Waals surface area contributed by atoms with Crippen LogP contribution in [0, 0.1) is 5.82 Å². The number of esters is 1. The Bertz CT molecular complexity index is 451. The van der Waals surface area contributed by atoms with Crippen molar-refractivity contribution < 1.29 is 18.7 Å². The summed E-state index contributed by atoms with van der Waals surface area (Å²) in [4.78, 5) is 13.5. The number of hydrogen-bond acceptors (Lipinski definition) is 4. The molecule has 1 aromatic carbocycles. The molecule has 1 unspecified atom stereocenters. The van der Waals surface area contributed by atoms with Crippen molar-refractivity contribution in [3.05, 3.63) is 35.1 Å². The third kappa shape index (κ3) is 4.28. The molecular formula is C15H22FNO3. The van der Waals surface area contributed by atoms with E-state index in [1.807, 2.05) is 6.92 Å². The van der Waals surface area contributed by atoms with Crippen LogP contribution in [0.15, 0.2) is 18.2 Å². The number of nitrogens with zero attached hydrogens (tertiary/aromatic N) is 1. The number of ether oxygens (including phenoxy) is 2. The molecule has 0 aromatic heterocycles. The van der Waals surface area contributed by atoms with Crippen molar-refractivity contribution >= 4 is 5.97 Å². The van der Waals surface area contributed by atoms with Gasteiger partial charge in [-0.05, 0) is 31.2 Å². The highest BCUT2D eigenvalue weighted by atomic mass is 19.1. The maximum absolute atomic E-state index is 13.8. The van der Waals surface area contributed by atoms with Crippen LogP contribution in [0.5, 0.6) is 0 Å². The summed E-state index contributed by atoms with van der Waals surface area (Å²) in [6.45, 7) is 6.18. The second kappa shape index (κ2) is 7.97. The van der Waals surface area contributed by atoms with Gasteiger partial charge in [-0.2, -0.15) is 0 Å². The van der Waals surface area contributed by atoms with E-state index >= 15 is 0 Å². The molecule has 1 atom stereocenters. The predicted octanol–water partition coefficient (Wildman–Crippen LogP) is 2.47. The Morgan fingerprint density at radius 1 is 1.40 bits per heavy atom. The SMILES string of the molecule is CCN(Cc1ccc(C(=O)OC)c(F)c1)C(C)COC. The first-order valence-electron chi connectivity index (χ1n) is 6.63. The van der Waals surface area contributed by atoms with E-state index in [1.165, 1.54) is 19.2 Å². The first kappa shape index (κ1) is 16.6. The molecule has 112 valence electrons. The van der Waals surface area contributed by atoms with Crippen molar-refractivity contribution in [1.29, 1.82) is 0 Å². The van der Waals surface area contributed by atoms with E-state index in [2.05, 4.69) is 16.6 Å². The Hall–Kier alpha value is -1.46. The van der Waals surface area contributed by atoms with Crippen LogP contribution in [0.25, 0.3) is 0 Å². The molecule has 5 heteroatoms. The zero-order valence-corrected chi connectivity index (χ0v) is 12.5. The van der Waals surface area contributed by atoms with Crippen molar-refractivity contribution in [1.82, 2.24) is 4.90 Å². The molecule has 0 N–H and O–H groups in total. The fraction of sp³-hybridized carbons (Fsp3) is 0.533. The van der Waals surface area contributed by atoms with E-state index in [0.717, 1.165) is 12.1 Å². The normalized spacial score (nSPS) is 12.5. The van der Waals surface area contributed by atoms with Gasteiger partial charge in [-0.15, -0.1) is 0 Å². The monoisotopic (exact) mass is 283 g/mol. The Morgan fingerprint density at radius 2 is 2.10 bits per heavy atom. The van der Waals surface area contributed by atoms with Gasteiger partial charge in [0.25, 0.3) is 0 Å². The standard InChI is InChI=1S/C15H22FNO3/c1-5-17(11(2)10-19-3)9-12-6-7-13(14(16)8-12)15(18)20-4/h6-8,11H,5,9-10H2,1-4H3. The highest BCUT2D eigenvalue weighted by Gasteiger charge is 2.15. The molecule has 0 spiro atoms. The van der Waals surface area contributed by atoms with Gasteiger partial charge >= 0.3 is 5.97 Å². The Morgan fingerprint density at radius 3 is 2.60 bits per heavy atom. The van der Waals surface area contributed by atoms with Crippen LogP contribution in [0.2, 0.25) is 0 Å². The quantitative estimate of drug-likeness (QED) is 0.721. The number of rotatable bonds is 7. The molecule has 0 fully saturated rings. The van der Waals surface area contributed by atoms with Crippen LogP contribution in [0.3, 0.4) is 0 Å². The molecule has 0 heterocycles. The number of hydrogen-bond donors (Lipinski definition) is 0. The first-order valence-corrected chi connectivity index (χ1v) is 6.63. The highest BCUT2D eigenvalue weighted by Crippen LogP contribution is 2.14. The zero-order chi connectivity index (χ0) is 15.1. The summed E-state index contributed by atoms with van der Waals surface area (Å²) in [6, 6.07) is 4.84. The Labute approximate surface area is 119 Å². The molecule has 0 aliphatic rings. The lowest BCUT2D eigenvalue weighted by Gasteiger charge is -2.27. The van der Waals surface area contributed by atoms with Crippen molar-refractivity contribution in [2.24, 2.45) is 0 Å². The number of methoxy groups -OCH3 is 2. The summed E-state index contributed by atoms with van der Waals surface area (Å²) >= 11 is 0. The molecule has 0 bridgehead atoms. The van der Waals surface area contributed by atoms with Gasteiger partial charge in [0.05, 0.1) is 19.3 Å². The molecule has 20 heavy (non-hydrogen) atoms. The lowest BCUT2D eigenvalue weighted by atomic mass is 10.1. The molecule has 1 rings (SSSR count). The maximum Gasteiger partial charge on any atom is 0.340 e. The zero-order valence-electron chi connectivity index (χ0n) is 12.5. The summed E-state index contributed by atoms with van der Waals surface area (Å²) in [7, 11) is 2.90. The minimum Gasteiger partial charge on any atom is -0.465 e. The van der Waals surface area contributed by atoms with Crippen molar-refractivity contribution in [2.45, 2.75) is 26.4 Å². The van der Waals surface area contributed by atoms with E-state index in [9.17, 15) is 9.18 Å². The largest absolute Gasteiger partial charge is 0.465 e. The van der Waals surface area contributed by atoms with Gasteiger partial charge < -0.3 is 9.47 Å². The fourth-order valence-electron chi connectivity index (χ4n) is 2.09. The molecular weight excluding hydrogens is 261 g/mol. The summed E-state index contributed by atoms with van der Waals surface area (Å²) < 4.78 is 23.5. The van der Waals surface area contributed by atoms with Gasteiger partial charge in [0.2, 0.25) is 0 Å². The van der Waals surface area contributed by atoms with Crippen molar-refractivity contribution in [3.63, 3.8) is 0 Å². The van der Waals surface area contributed by atoms with E-state index in [4.69, 9.17) is 4.74 Å². The average Bonchev–Trinajstić information content (AvgIpc) is 2.44. The van der Waals surface area contributed by atoms with Gasteiger partial charge in [-0.3, -0.25) is 4.90 Å². The van der Waals surface area contributed by atoms with Crippen molar-refractivity contribution in [2.75, 3.05) is 27.4 Å². The topological polar surface area (TPSA) is 38.8 Å². The number of likely N-dealkylation sites (N-methyl/N-ethyl adjacent to an activating group) is 1. The second-order valence-electron chi connectivity index (χ2n) is 4.67. The predicted molar refractivity (Wildman–Crippen MR) is 75.2 cm³/mol. The van der Waals surface area contributed by atoms with Crippen LogP contribution in [0.1, 0.15) is 29.8 Å². The molecule has 0 aliphatic heterocycles. The molecule has 0 aliphatic carbocycles. The van der Waals surface area contributed by atoms with Crippen LogP contribution in [-0.4, -0.2) is 44.3 Å². The van der Waals surface area contributed by atoms with Gasteiger partial charge in [-0.1, -0.05) is 13.0 Å². The highest BCUT2D eigenvalue weighted by molar-refractivity contribution is 5.89. The van der Waals surface area contributed by atoms with Gasteiger partial charge in [0.15, 0.2) is 0 Å². The minimum atomic E-state index is -0.658. The first-order chi connectivity index (χ1) is 9.53. The fourth-order valence-corrected chi connectivity index (χ4v) is 2.09. The Kier molecular flexibility index (Phi) is 6.61. The molecule has 0 radical (unpaired) electrons. The molecule has 0 saturated carbocycles. The molecule has 0 amide bonds. The number of benzene rings is 1. The van der Waals surface area contributed by atoms with Gasteiger partial charge in [0.1, 0.15) is 5.82 Å². The van der Waals surface area contributed by atoms with Crippen LogP contribution in [-0.2, 0) is 16.0 Å². The van der Waals surface area contributed by atoms with Gasteiger partial charge in [0, 0.05) is 19.7 Å². The average molecular weight is 283 g/mol. The maximum atomic E-state index is 13.8. The van der Waals surface area contributed by atoms with Gasteiger partial charge in [-0.25, -0.2) is 9.18 Å². The van der Waals surface area contributed by atoms with Crippen LogP contribution >= 0.6 is 0 Å². The Balaban J connectivity index is 2.82.